The van der Waals surface area contributed by atoms with E-state index in [0.29, 0.717) is 50.5 Å². The van der Waals surface area contributed by atoms with Gasteiger partial charge in [0.1, 0.15) is 11.7 Å². The third kappa shape index (κ3) is 4.50. The van der Waals surface area contributed by atoms with E-state index >= 15 is 0 Å². The molecule has 144 valence electrons. The Kier molecular flexibility index (Phi) is 5.51. The Hall–Kier alpha value is -1.31. The van der Waals surface area contributed by atoms with Crippen LogP contribution in [0.15, 0.2) is 45.9 Å². The lowest BCUT2D eigenvalue weighted by molar-refractivity contribution is 0.0163. The van der Waals surface area contributed by atoms with Gasteiger partial charge < -0.3 is 5.11 Å². The Morgan fingerprint density at radius 1 is 1.12 bits per heavy atom. The molecule has 0 spiro atoms. The van der Waals surface area contributed by atoms with Gasteiger partial charge in [-0.1, -0.05) is 6.08 Å². The van der Waals surface area contributed by atoms with E-state index in [9.17, 15) is 22.3 Å². The van der Waals surface area contributed by atoms with Gasteiger partial charge in [0.05, 0.1) is 10.5 Å². The molecule has 0 unspecified atom stereocenters. The van der Waals surface area contributed by atoms with Crippen LogP contribution in [0.3, 0.4) is 0 Å². The summed E-state index contributed by atoms with van der Waals surface area (Å²) in [5.41, 5.74) is 0.496. The zero-order chi connectivity index (χ0) is 18.9. The maximum atomic E-state index is 13.9. The van der Waals surface area contributed by atoms with Crippen LogP contribution in [0.25, 0.3) is 0 Å². The standard InChI is InChI=1S/C19H25F2NO3S/c1-19(23)10-8-15(9-11-19)22-26(24,25)16-5-2-13(3-6-16)17-7-4-14(20)12-18(17)21/h2,5,12,15,22-23H,3-4,6-11H2,1H3. The predicted molar refractivity (Wildman–Crippen MR) is 96.9 cm³/mol. The monoisotopic (exact) mass is 385 g/mol. The first-order valence-corrected chi connectivity index (χ1v) is 10.5. The molecule has 0 aromatic carbocycles. The lowest BCUT2D eigenvalue weighted by Crippen LogP contribution is -2.42. The summed E-state index contributed by atoms with van der Waals surface area (Å²) < 4.78 is 55.0. The molecule has 1 fully saturated rings. The van der Waals surface area contributed by atoms with Gasteiger partial charge >= 0.3 is 0 Å². The van der Waals surface area contributed by atoms with Gasteiger partial charge in [-0.15, -0.1) is 0 Å². The van der Waals surface area contributed by atoms with Crippen LogP contribution in [0.5, 0.6) is 0 Å². The van der Waals surface area contributed by atoms with Gasteiger partial charge in [-0.05, 0) is 69.1 Å². The molecule has 0 bridgehead atoms. The van der Waals surface area contributed by atoms with E-state index in [1.54, 1.807) is 13.0 Å². The van der Waals surface area contributed by atoms with Crippen LogP contribution in [-0.2, 0) is 10.0 Å². The van der Waals surface area contributed by atoms with Crippen molar-refractivity contribution < 1.29 is 22.3 Å². The van der Waals surface area contributed by atoms with E-state index in [4.69, 9.17) is 0 Å². The number of hydrogen-bond acceptors (Lipinski definition) is 3. The van der Waals surface area contributed by atoms with Crippen molar-refractivity contribution in [3.8, 4) is 0 Å². The van der Waals surface area contributed by atoms with Crippen LogP contribution in [0.1, 0.15) is 58.3 Å². The Bertz CT molecular complexity index is 797. The van der Waals surface area contributed by atoms with Gasteiger partial charge in [0.25, 0.3) is 0 Å². The minimum atomic E-state index is -3.59. The Morgan fingerprint density at radius 2 is 1.81 bits per heavy atom. The van der Waals surface area contributed by atoms with Crippen LogP contribution in [0.2, 0.25) is 0 Å². The average Bonchev–Trinajstić information content (AvgIpc) is 2.57. The van der Waals surface area contributed by atoms with Crippen molar-refractivity contribution in [2.45, 2.75) is 69.9 Å². The van der Waals surface area contributed by atoms with E-state index in [0.717, 1.165) is 11.6 Å². The Morgan fingerprint density at radius 3 is 2.38 bits per heavy atom. The number of nitrogens with one attached hydrogen (secondary N) is 1. The second-order valence-corrected chi connectivity index (χ2v) is 9.40. The van der Waals surface area contributed by atoms with Gasteiger partial charge in [0.15, 0.2) is 0 Å². The molecule has 1 saturated carbocycles. The maximum Gasteiger partial charge on any atom is 0.236 e. The van der Waals surface area contributed by atoms with Crippen molar-refractivity contribution in [2.75, 3.05) is 0 Å². The van der Waals surface area contributed by atoms with Crippen molar-refractivity contribution in [1.82, 2.24) is 4.72 Å². The Balaban J connectivity index is 1.69. The fourth-order valence-corrected chi connectivity index (χ4v) is 5.16. The molecule has 0 radical (unpaired) electrons. The molecule has 3 rings (SSSR count). The molecule has 7 heteroatoms. The molecule has 0 aromatic rings. The number of sulfonamides is 1. The Labute approximate surface area is 153 Å². The lowest BCUT2D eigenvalue weighted by Gasteiger charge is -2.33. The maximum absolute atomic E-state index is 13.9. The molecule has 0 heterocycles. The van der Waals surface area contributed by atoms with Crippen molar-refractivity contribution in [3.05, 3.63) is 45.9 Å². The fraction of sp³-hybridized carbons (Fsp3) is 0.579. The van der Waals surface area contributed by atoms with Crippen LogP contribution >= 0.6 is 0 Å². The first-order chi connectivity index (χ1) is 12.2. The quantitative estimate of drug-likeness (QED) is 0.766. The minimum Gasteiger partial charge on any atom is -0.390 e. The third-order valence-electron chi connectivity index (χ3n) is 5.41. The molecule has 0 amide bonds. The third-order valence-corrected chi connectivity index (χ3v) is 7.09. The number of aliphatic hydroxyl groups is 1. The first-order valence-electron chi connectivity index (χ1n) is 9.06. The second kappa shape index (κ2) is 7.37. The molecule has 0 aromatic heterocycles. The molecule has 26 heavy (non-hydrogen) atoms. The molecule has 0 saturated heterocycles. The summed E-state index contributed by atoms with van der Waals surface area (Å²) in [4.78, 5) is 0.289. The zero-order valence-electron chi connectivity index (χ0n) is 14.9. The van der Waals surface area contributed by atoms with E-state index in [-0.39, 0.29) is 17.4 Å². The summed E-state index contributed by atoms with van der Waals surface area (Å²) in [5, 5.41) is 9.97. The highest BCUT2D eigenvalue weighted by Crippen LogP contribution is 2.36. The van der Waals surface area contributed by atoms with Crippen molar-refractivity contribution in [1.29, 1.82) is 0 Å². The van der Waals surface area contributed by atoms with Crippen molar-refractivity contribution in [2.24, 2.45) is 0 Å². The lowest BCUT2D eigenvalue weighted by atomic mass is 9.84. The molecular weight excluding hydrogens is 360 g/mol. The predicted octanol–water partition coefficient (Wildman–Crippen LogP) is 4.07. The normalized spacial score (nSPS) is 30.6. The highest BCUT2D eigenvalue weighted by atomic mass is 32.2. The highest BCUT2D eigenvalue weighted by molar-refractivity contribution is 7.93. The molecule has 3 aliphatic rings. The molecule has 0 atom stereocenters. The van der Waals surface area contributed by atoms with E-state index in [1.165, 1.54) is 6.08 Å². The summed E-state index contributed by atoms with van der Waals surface area (Å²) in [6.07, 6.45) is 7.63. The number of hydrogen-bond donors (Lipinski definition) is 2. The van der Waals surface area contributed by atoms with Crippen LogP contribution in [-0.4, -0.2) is 25.2 Å². The summed E-state index contributed by atoms with van der Waals surface area (Å²) in [6, 6.07) is -0.168. The highest BCUT2D eigenvalue weighted by Gasteiger charge is 2.32. The van der Waals surface area contributed by atoms with Crippen LogP contribution in [0, 0.1) is 0 Å². The number of allylic oxidation sites excluding steroid dienone is 8. The van der Waals surface area contributed by atoms with Crippen molar-refractivity contribution >= 4 is 10.0 Å². The molecule has 2 N–H and O–H groups in total. The number of halogens is 2. The van der Waals surface area contributed by atoms with E-state index < -0.39 is 27.3 Å². The van der Waals surface area contributed by atoms with E-state index in [2.05, 4.69) is 4.72 Å². The summed E-state index contributed by atoms with van der Waals surface area (Å²) in [6.45, 7) is 1.77. The second-order valence-electron chi connectivity index (χ2n) is 7.64. The molecule has 4 nitrogen and oxygen atoms in total. The van der Waals surface area contributed by atoms with Gasteiger partial charge in [-0.3, -0.25) is 0 Å². The minimum absolute atomic E-state index is 0.168. The summed E-state index contributed by atoms with van der Waals surface area (Å²) in [7, 11) is -3.59. The zero-order valence-corrected chi connectivity index (χ0v) is 15.7. The molecule has 0 aliphatic heterocycles. The van der Waals surface area contributed by atoms with E-state index in [1.807, 2.05) is 0 Å². The largest absolute Gasteiger partial charge is 0.390 e. The van der Waals surface area contributed by atoms with Gasteiger partial charge in [-0.25, -0.2) is 21.9 Å². The van der Waals surface area contributed by atoms with Crippen LogP contribution in [0.4, 0.5) is 8.78 Å². The smallest absolute Gasteiger partial charge is 0.236 e. The number of rotatable bonds is 4. The van der Waals surface area contributed by atoms with Gasteiger partial charge in [-0.2, -0.15) is 0 Å². The topological polar surface area (TPSA) is 66.4 Å². The van der Waals surface area contributed by atoms with Gasteiger partial charge in [0, 0.05) is 18.5 Å². The summed E-state index contributed by atoms with van der Waals surface area (Å²) in [5.74, 6) is -1.02. The fourth-order valence-electron chi connectivity index (χ4n) is 3.72. The van der Waals surface area contributed by atoms with Crippen molar-refractivity contribution in [3.63, 3.8) is 0 Å². The summed E-state index contributed by atoms with van der Waals surface area (Å²) >= 11 is 0. The van der Waals surface area contributed by atoms with Gasteiger partial charge in [0.2, 0.25) is 10.0 Å². The van der Waals surface area contributed by atoms with Crippen LogP contribution < -0.4 is 4.72 Å². The molecular formula is C19H25F2NO3S. The average molecular weight is 385 g/mol. The first kappa shape index (κ1) is 19.5. The molecule has 3 aliphatic carbocycles. The SMILES string of the molecule is CC1(O)CCC(NS(=O)(=O)C2=CC=C(C3=C(F)C=C(F)CC3)CC2)CC1.